The minimum absolute atomic E-state index is 0.149. The first kappa shape index (κ1) is 16.7. The van der Waals surface area contributed by atoms with Gasteiger partial charge < -0.3 is 10.4 Å². The van der Waals surface area contributed by atoms with E-state index in [1.807, 2.05) is 0 Å². The summed E-state index contributed by atoms with van der Waals surface area (Å²) in [6, 6.07) is 7.39. The summed E-state index contributed by atoms with van der Waals surface area (Å²) in [5, 5.41) is 15.4. The molecule has 23 heavy (non-hydrogen) atoms. The second-order valence-corrected chi connectivity index (χ2v) is 5.08. The zero-order chi connectivity index (χ0) is 16.7. The largest absolute Gasteiger partial charge is 0.481 e. The lowest BCUT2D eigenvalue weighted by molar-refractivity contribution is -0.137. The first-order chi connectivity index (χ1) is 11.1. The van der Waals surface area contributed by atoms with Crippen molar-refractivity contribution < 1.29 is 19.1 Å². The summed E-state index contributed by atoms with van der Waals surface area (Å²) in [4.78, 5) is 22.3. The molecule has 2 N–H and O–H groups in total. The van der Waals surface area contributed by atoms with Crippen molar-refractivity contribution in [2.75, 3.05) is 6.54 Å². The highest BCUT2D eigenvalue weighted by Gasteiger charge is 2.09. The molecule has 0 aliphatic carbocycles. The van der Waals surface area contributed by atoms with E-state index in [1.54, 1.807) is 24.4 Å². The van der Waals surface area contributed by atoms with Crippen LogP contribution in [0.15, 0.2) is 36.5 Å². The molecular formula is C16H18FN3O3. The van der Waals surface area contributed by atoms with Gasteiger partial charge in [-0.05, 0) is 43.2 Å². The van der Waals surface area contributed by atoms with E-state index in [1.165, 1.54) is 16.8 Å². The fraction of sp³-hybridized carbons (Fsp3) is 0.312. The maximum Gasteiger partial charge on any atom is 0.303 e. The fourth-order valence-corrected chi connectivity index (χ4v) is 2.05. The number of carbonyl (C=O) groups excluding carboxylic acids is 1. The van der Waals surface area contributed by atoms with Gasteiger partial charge in [-0.15, -0.1) is 0 Å². The monoisotopic (exact) mass is 319 g/mol. The highest BCUT2D eigenvalue weighted by Crippen LogP contribution is 2.09. The molecule has 0 aliphatic rings. The van der Waals surface area contributed by atoms with E-state index in [0.717, 1.165) is 12.8 Å². The van der Waals surface area contributed by atoms with Gasteiger partial charge in [0, 0.05) is 19.2 Å². The van der Waals surface area contributed by atoms with Crippen LogP contribution in [0.25, 0.3) is 5.69 Å². The summed E-state index contributed by atoms with van der Waals surface area (Å²) < 4.78 is 14.4. The third-order valence-electron chi connectivity index (χ3n) is 3.27. The third kappa shape index (κ3) is 5.21. The number of nitrogens with zero attached hydrogens (tertiary/aromatic N) is 2. The molecule has 122 valence electrons. The average Bonchev–Trinajstić information content (AvgIpc) is 3.01. The fourth-order valence-electron chi connectivity index (χ4n) is 2.05. The summed E-state index contributed by atoms with van der Waals surface area (Å²) in [5.41, 5.74) is 0.944. The van der Waals surface area contributed by atoms with E-state index in [2.05, 4.69) is 10.4 Å². The van der Waals surface area contributed by atoms with Crippen molar-refractivity contribution in [1.82, 2.24) is 15.1 Å². The van der Waals surface area contributed by atoms with E-state index in [9.17, 15) is 14.0 Å². The van der Waals surface area contributed by atoms with E-state index >= 15 is 0 Å². The van der Waals surface area contributed by atoms with Crippen LogP contribution < -0.4 is 5.32 Å². The first-order valence-electron chi connectivity index (χ1n) is 7.38. The number of carboxylic acids is 1. The maximum absolute atomic E-state index is 12.9. The molecule has 2 rings (SSSR count). The molecule has 1 amide bonds. The number of benzene rings is 1. The van der Waals surface area contributed by atoms with Crippen molar-refractivity contribution in [2.45, 2.75) is 25.7 Å². The molecular weight excluding hydrogens is 301 g/mol. The van der Waals surface area contributed by atoms with Crippen LogP contribution >= 0.6 is 0 Å². The zero-order valence-corrected chi connectivity index (χ0v) is 12.5. The molecule has 0 spiro atoms. The number of amides is 1. The average molecular weight is 319 g/mol. The highest BCUT2D eigenvalue weighted by atomic mass is 19.1. The minimum Gasteiger partial charge on any atom is -0.481 e. The van der Waals surface area contributed by atoms with Crippen LogP contribution in [0.3, 0.4) is 0 Å². The van der Waals surface area contributed by atoms with Crippen LogP contribution in [0, 0.1) is 5.82 Å². The smallest absolute Gasteiger partial charge is 0.303 e. The second-order valence-electron chi connectivity index (χ2n) is 5.08. The molecule has 1 aromatic heterocycles. The number of carboxylic acid groups (broad SMARTS) is 1. The van der Waals surface area contributed by atoms with Crippen molar-refractivity contribution in [3.05, 3.63) is 48.0 Å². The van der Waals surface area contributed by atoms with Gasteiger partial charge in [0.1, 0.15) is 5.82 Å². The molecule has 2 aromatic rings. The van der Waals surface area contributed by atoms with Crippen LogP contribution in [0.2, 0.25) is 0 Å². The number of aromatic nitrogens is 2. The summed E-state index contributed by atoms with van der Waals surface area (Å²) in [5.74, 6) is -1.42. The normalized spacial score (nSPS) is 10.5. The maximum atomic E-state index is 12.9. The Kier molecular flexibility index (Phi) is 5.85. The molecule has 0 atom stereocenters. The van der Waals surface area contributed by atoms with Gasteiger partial charge in [-0.2, -0.15) is 5.10 Å². The Morgan fingerprint density at radius 2 is 1.87 bits per heavy atom. The van der Waals surface area contributed by atoms with Crippen LogP contribution in [-0.4, -0.2) is 33.3 Å². The molecule has 0 aliphatic heterocycles. The molecule has 0 bridgehead atoms. The number of hydrogen-bond acceptors (Lipinski definition) is 3. The standard InChI is InChI=1S/C16H18FN3O3/c17-12-5-7-13(8-6-12)20-11-9-14(19-20)16(23)18-10-3-1-2-4-15(21)22/h5-9,11H,1-4,10H2,(H,18,23)(H,21,22). The Morgan fingerprint density at radius 1 is 1.13 bits per heavy atom. The molecule has 0 saturated heterocycles. The summed E-state index contributed by atoms with van der Waals surface area (Å²) in [7, 11) is 0. The lowest BCUT2D eigenvalue weighted by atomic mass is 10.2. The highest BCUT2D eigenvalue weighted by molar-refractivity contribution is 5.92. The Morgan fingerprint density at radius 3 is 2.57 bits per heavy atom. The van der Waals surface area contributed by atoms with Gasteiger partial charge in [-0.3, -0.25) is 9.59 Å². The molecule has 0 fully saturated rings. The Balaban J connectivity index is 1.79. The van der Waals surface area contributed by atoms with Crippen LogP contribution in [0.4, 0.5) is 4.39 Å². The first-order valence-corrected chi connectivity index (χ1v) is 7.38. The van der Waals surface area contributed by atoms with Gasteiger partial charge in [-0.25, -0.2) is 9.07 Å². The molecule has 0 saturated carbocycles. The number of hydrogen-bond donors (Lipinski definition) is 2. The van der Waals surface area contributed by atoms with Crippen molar-refractivity contribution in [3.8, 4) is 5.69 Å². The number of aliphatic carboxylic acids is 1. The van der Waals surface area contributed by atoms with Gasteiger partial charge in [0.15, 0.2) is 5.69 Å². The Hall–Kier alpha value is -2.70. The van der Waals surface area contributed by atoms with Crippen LogP contribution in [0.1, 0.15) is 36.2 Å². The number of rotatable bonds is 8. The van der Waals surface area contributed by atoms with Gasteiger partial charge in [0.05, 0.1) is 5.69 Å². The minimum atomic E-state index is -0.805. The predicted octanol–water partition coefficient (Wildman–Crippen LogP) is 2.39. The second kappa shape index (κ2) is 8.07. The Bertz CT molecular complexity index is 667. The number of unbranched alkanes of at least 4 members (excludes halogenated alkanes) is 2. The van der Waals surface area contributed by atoms with Crippen molar-refractivity contribution in [2.24, 2.45) is 0 Å². The Labute approximate surface area is 132 Å². The summed E-state index contributed by atoms with van der Waals surface area (Å²) >= 11 is 0. The summed E-state index contributed by atoms with van der Waals surface area (Å²) in [6.07, 6.45) is 3.85. The number of halogens is 1. The molecule has 1 aromatic carbocycles. The van der Waals surface area contributed by atoms with Gasteiger partial charge in [0.25, 0.3) is 5.91 Å². The number of carbonyl (C=O) groups is 2. The molecule has 7 heteroatoms. The lowest BCUT2D eigenvalue weighted by Gasteiger charge is -2.03. The van der Waals surface area contributed by atoms with Crippen molar-refractivity contribution >= 4 is 11.9 Å². The van der Waals surface area contributed by atoms with Crippen molar-refractivity contribution in [3.63, 3.8) is 0 Å². The molecule has 1 heterocycles. The van der Waals surface area contributed by atoms with Gasteiger partial charge in [-0.1, -0.05) is 6.42 Å². The zero-order valence-electron chi connectivity index (χ0n) is 12.5. The van der Waals surface area contributed by atoms with E-state index < -0.39 is 5.97 Å². The topological polar surface area (TPSA) is 84.2 Å². The number of nitrogens with one attached hydrogen (secondary N) is 1. The lowest BCUT2D eigenvalue weighted by Crippen LogP contribution is -2.25. The summed E-state index contributed by atoms with van der Waals surface area (Å²) in [6.45, 7) is 0.474. The van der Waals surface area contributed by atoms with Crippen LogP contribution in [0.5, 0.6) is 0 Å². The van der Waals surface area contributed by atoms with E-state index in [0.29, 0.717) is 18.7 Å². The van der Waals surface area contributed by atoms with Gasteiger partial charge in [0.2, 0.25) is 0 Å². The SMILES string of the molecule is O=C(O)CCCCCNC(=O)c1ccn(-c2ccc(F)cc2)n1. The third-order valence-corrected chi connectivity index (χ3v) is 3.27. The quantitative estimate of drug-likeness (QED) is 0.732. The molecule has 0 radical (unpaired) electrons. The molecule has 6 nitrogen and oxygen atoms in total. The molecule has 0 unspecified atom stereocenters. The predicted molar refractivity (Wildman–Crippen MR) is 82.0 cm³/mol. The van der Waals surface area contributed by atoms with Crippen molar-refractivity contribution in [1.29, 1.82) is 0 Å². The van der Waals surface area contributed by atoms with Crippen LogP contribution in [-0.2, 0) is 4.79 Å². The van der Waals surface area contributed by atoms with E-state index in [-0.39, 0.29) is 23.8 Å². The van der Waals surface area contributed by atoms with Gasteiger partial charge >= 0.3 is 5.97 Å². The van der Waals surface area contributed by atoms with E-state index in [4.69, 9.17) is 5.11 Å².